The molecule has 0 aliphatic carbocycles. The molecule has 1 aliphatic heterocycles. The van der Waals surface area contributed by atoms with E-state index in [2.05, 4.69) is 24.5 Å². The van der Waals surface area contributed by atoms with Gasteiger partial charge in [0.05, 0.1) is 12.5 Å². The predicted molar refractivity (Wildman–Crippen MR) is 120 cm³/mol. The van der Waals surface area contributed by atoms with Crippen LogP contribution in [0.3, 0.4) is 0 Å². The van der Waals surface area contributed by atoms with E-state index in [1.165, 1.54) is 0 Å². The molecule has 0 saturated carbocycles. The third-order valence-electron chi connectivity index (χ3n) is 5.04. The number of thioether (sulfide) groups is 1. The highest BCUT2D eigenvalue weighted by molar-refractivity contribution is 7.99. The normalized spacial score (nSPS) is 15.1. The van der Waals surface area contributed by atoms with Gasteiger partial charge in [-0.3, -0.25) is 4.79 Å². The van der Waals surface area contributed by atoms with E-state index < -0.39 is 0 Å². The molecular formula is C23H29N3O2S. The second-order valence-electron chi connectivity index (χ2n) is 7.60. The zero-order chi connectivity index (χ0) is 20.6. The molecule has 154 valence electrons. The van der Waals surface area contributed by atoms with Crippen LogP contribution in [0.15, 0.2) is 54.6 Å². The minimum atomic E-state index is -0.234. The standard InChI is InChI=1S/C23H29N3O2S/c1-17(2)22(19-6-4-3-5-7-19)25-23(28)24-20-10-8-18(9-11-20)16-21(27)26-12-14-29-15-13-26/h3-11,17,22H,12-16H2,1-2H3,(H2,24,25,28). The number of benzene rings is 2. The van der Waals surface area contributed by atoms with Crippen molar-refractivity contribution in [3.05, 3.63) is 65.7 Å². The largest absolute Gasteiger partial charge is 0.341 e. The molecule has 5 nitrogen and oxygen atoms in total. The number of rotatable bonds is 6. The molecule has 0 aromatic heterocycles. The summed E-state index contributed by atoms with van der Waals surface area (Å²) in [5.74, 6) is 2.48. The van der Waals surface area contributed by atoms with Gasteiger partial charge in [-0.1, -0.05) is 56.3 Å². The van der Waals surface area contributed by atoms with Crippen molar-refractivity contribution in [3.63, 3.8) is 0 Å². The van der Waals surface area contributed by atoms with Crippen LogP contribution < -0.4 is 10.6 Å². The lowest BCUT2D eigenvalue weighted by Gasteiger charge is -2.26. The van der Waals surface area contributed by atoms with Crippen LogP contribution in [-0.4, -0.2) is 41.4 Å². The number of hydrogen-bond donors (Lipinski definition) is 2. The Hall–Kier alpha value is -2.47. The molecule has 2 aromatic rings. The van der Waals surface area contributed by atoms with Crippen LogP contribution in [0.5, 0.6) is 0 Å². The van der Waals surface area contributed by atoms with Crippen LogP contribution in [-0.2, 0) is 11.2 Å². The molecule has 3 amide bonds. The summed E-state index contributed by atoms with van der Waals surface area (Å²) < 4.78 is 0. The first-order chi connectivity index (χ1) is 14.0. The fraction of sp³-hybridized carbons (Fsp3) is 0.391. The Morgan fingerprint density at radius 2 is 1.66 bits per heavy atom. The van der Waals surface area contributed by atoms with Gasteiger partial charge in [-0.05, 0) is 29.2 Å². The molecule has 1 aliphatic rings. The minimum absolute atomic E-state index is 0.0594. The molecule has 1 heterocycles. The second kappa shape index (κ2) is 10.3. The maximum atomic E-state index is 12.5. The van der Waals surface area contributed by atoms with E-state index in [0.29, 0.717) is 12.1 Å². The van der Waals surface area contributed by atoms with Gasteiger partial charge in [-0.15, -0.1) is 0 Å². The first kappa shape index (κ1) is 21.2. The Kier molecular flexibility index (Phi) is 7.58. The first-order valence-electron chi connectivity index (χ1n) is 10.1. The summed E-state index contributed by atoms with van der Waals surface area (Å²) in [5.41, 5.74) is 2.76. The van der Waals surface area contributed by atoms with Gasteiger partial charge in [0.15, 0.2) is 0 Å². The highest BCUT2D eigenvalue weighted by Gasteiger charge is 2.19. The van der Waals surface area contributed by atoms with E-state index in [1.54, 1.807) is 0 Å². The van der Waals surface area contributed by atoms with Gasteiger partial charge in [0.1, 0.15) is 0 Å². The maximum Gasteiger partial charge on any atom is 0.319 e. The van der Waals surface area contributed by atoms with Crippen molar-refractivity contribution in [1.29, 1.82) is 0 Å². The lowest BCUT2D eigenvalue weighted by molar-refractivity contribution is -0.130. The molecule has 0 bridgehead atoms. The molecular weight excluding hydrogens is 382 g/mol. The average molecular weight is 412 g/mol. The Morgan fingerprint density at radius 3 is 2.28 bits per heavy atom. The van der Waals surface area contributed by atoms with Crippen molar-refractivity contribution < 1.29 is 9.59 Å². The fourth-order valence-electron chi connectivity index (χ4n) is 3.41. The molecule has 1 unspecified atom stereocenters. The van der Waals surface area contributed by atoms with Gasteiger partial charge in [0, 0.05) is 30.3 Å². The maximum absolute atomic E-state index is 12.5. The van der Waals surface area contributed by atoms with Crippen LogP contribution in [0, 0.1) is 5.92 Å². The topological polar surface area (TPSA) is 61.4 Å². The molecule has 1 atom stereocenters. The van der Waals surface area contributed by atoms with E-state index in [1.807, 2.05) is 71.3 Å². The summed E-state index contributed by atoms with van der Waals surface area (Å²) >= 11 is 1.89. The molecule has 29 heavy (non-hydrogen) atoms. The number of hydrogen-bond acceptors (Lipinski definition) is 3. The third kappa shape index (κ3) is 6.26. The van der Waals surface area contributed by atoms with Gasteiger partial charge in [-0.2, -0.15) is 11.8 Å². The summed E-state index contributed by atoms with van der Waals surface area (Å²) in [6.07, 6.45) is 0.403. The quantitative estimate of drug-likeness (QED) is 0.744. The highest BCUT2D eigenvalue weighted by Crippen LogP contribution is 2.21. The fourth-order valence-corrected chi connectivity index (χ4v) is 4.31. The predicted octanol–water partition coefficient (Wildman–Crippen LogP) is 4.32. The number of anilines is 1. The molecule has 0 spiro atoms. The van der Waals surface area contributed by atoms with E-state index in [4.69, 9.17) is 0 Å². The van der Waals surface area contributed by atoms with E-state index >= 15 is 0 Å². The minimum Gasteiger partial charge on any atom is -0.341 e. The molecule has 0 radical (unpaired) electrons. The van der Waals surface area contributed by atoms with Gasteiger partial charge in [0.25, 0.3) is 0 Å². The highest BCUT2D eigenvalue weighted by atomic mass is 32.2. The number of nitrogens with zero attached hydrogens (tertiary/aromatic N) is 1. The van der Waals surface area contributed by atoms with Crippen LogP contribution in [0.1, 0.15) is 31.0 Å². The van der Waals surface area contributed by atoms with E-state index in [-0.39, 0.29) is 23.9 Å². The zero-order valence-electron chi connectivity index (χ0n) is 17.1. The van der Waals surface area contributed by atoms with Crippen molar-refractivity contribution in [2.24, 2.45) is 5.92 Å². The van der Waals surface area contributed by atoms with Crippen LogP contribution in [0.25, 0.3) is 0 Å². The Morgan fingerprint density at radius 1 is 1.00 bits per heavy atom. The monoisotopic (exact) mass is 411 g/mol. The number of carbonyl (C=O) groups excluding carboxylic acids is 2. The molecule has 3 rings (SSSR count). The van der Waals surface area contributed by atoms with Crippen molar-refractivity contribution >= 4 is 29.4 Å². The van der Waals surface area contributed by atoms with Crippen molar-refractivity contribution in [3.8, 4) is 0 Å². The first-order valence-corrected chi connectivity index (χ1v) is 11.3. The van der Waals surface area contributed by atoms with E-state index in [9.17, 15) is 9.59 Å². The number of urea groups is 1. The number of amides is 3. The van der Waals surface area contributed by atoms with Crippen molar-refractivity contribution in [2.75, 3.05) is 29.9 Å². The lowest BCUT2D eigenvalue weighted by atomic mass is 9.96. The summed E-state index contributed by atoms with van der Waals surface area (Å²) in [7, 11) is 0. The molecule has 2 aromatic carbocycles. The SMILES string of the molecule is CC(C)C(NC(=O)Nc1ccc(CC(=O)N2CCSCC2)cc1)c1ccccc1. The summed E-state index contributed by atoms with van der Waals surface area (Å²) in [5, 5.41) is 5.95. The smallest absolute Gasteiger partial charge is 0.319 e. The Labute approximate surface area is 177 Å². The summed E-state index contributed by atoms with van der Waals surface area (Å²) in [6.45, 7) is 5.85. The number of carbonyl (C=O) groups is 2. The van der Waals surface area contributed by atoms with Crippen molar-refractivity contribution in [1.82, 2.24) is 10.2 Å². The third-order valence-corrected chi connectivity index (χ3v) is 5.99. The zero-order valence-corrected chi connectivity index (χ0v) is 17.9. The van der Waals surface area contributed by atoms with E-state index in [0.717, 1.165) is 35.7 Å². The molecule has 2 N–H and O–H groups in total. The molecule has 6 heteroatoms. The van der Waals surface area contributed by atoms with Crippen LogP contribution in [0.2, 0.25) is 0 Å². The lowest BCUT2D eigenvalue weighted by Crippen LogP contribution is -2.38. The van der Waals surface area contributed by atoms with Crippen LogP contribution >= 0.6 is 11.8 Å². The Bertz CT molecular complexity index is 803. The van der Waals surface area contributed by atoms with Gasteiger partial charge < -0.3 is 15.5 Å². The summed E-state index contributed by atoms with van der Waals surface area (Å²) in [6, 6.07) is 17.2. The van der Waals surface area contributed by atoms with Gasteiger partial charge in [-0.25, -0.2) is 4.79 Å². The summed E-state index contributed by atoms with van der Waals surface area (Å²) in [4.78, 5) is 26.8. The van der Waals surface area contributed by atoms with Gasteiger partial charge in [0.2, 0.25) is 5.91 Å². The number of nitrogens with one attached hydrogen (secondary N) is 2. The molecule has 1 fully saturated rings. The average Bonchev–Trinajstić information content (AvgIpc) is 2.74. The second-order valence-corrected chi connectivity index (χ2v) is 8.82. The Balaban J connectivity index is 1.54. The van der Waals surface area contributed by atoms with Crippen molar-refractivity contribution in [2.45, 2.75) is 26.3 Å². The van der Waals surface area contributed by atoms with Crippen LogP contribution in [0.4, 0.5) is 10.5 Å². The van der Waals surface area contributed by atoms with Gasteiger partial charge >= 0.3 is 6.03 Å². The molecule has 1 saturated heterocycles.